The average molecular weight is 288 g/mol. The molecule has 6 heteroatoms. The minimum atomic E-state index is -1.00. The summed E-state index contributed by atoms with van der Waals surface area (Å²) in [6.07, 6.45) is 3.44. The highest BCUT2D eigenvalue weighted by Crippen LogP contribution is 2.10. The number of amides is 1. The highest BCUT2D eigenvalue weighted by Gasteiger charge is 2.22. The van der Waals surface area contributed by atoms with E-state index in [1.54, 1.807) is 7.11 Å². The number of hydrogen-bond acceptors (Lipinski definition) is 4. The fourth-order valence-electron chi connectivity index (χ4n) is 1.88. The zero-order chi connectivity index (χ0) is 15.5. The van der Waals surface area contributed by atoms with Gasteiger partial charge in [0.05, 0.1) is 0 Å². The third-order valence-electron chi connectivity index (χ3n) is 3.20. The number of carboxylic acids is 1. The van der Waals surface area contributed by atoms with Crippen molar-refractivity contribution in [3.63, 3.8) is 0 Å². The van der Waals surface area contributed by atoms with E-state index in [9.17, 15) is 9.59 Å². The molecule has 0 aliphatic carbocycles. The molecule has 3 atom stereocenters. The molecule has 4 N–H and O–H groups in total. The molecule has 0 saturated heterocycles. The Hall–Kier alpha value is -1.14. The van der Waals surface area contributed by atoms with Crippen LogP contribution in [-0.4, -0.2) is 42.8 Å². The van der Waals surface area contributed by atoms with Gasteiger partial charge in [-0.15, -0.1) is 0 Å². The van der Waals surface area contributed by atoms with E-state index in [-0.39, 0.29) is 17.9 Å². The van der Waals surface area contributed by atoms with Gasteiger partial charge in [-0.2, -0.15) is 0 Å². The predicted molar refractivity (Wildman–Crippen MR) is 77.3 cm³/mol. The third-order valence-corrected chi connectivity index (χ3v) is 3.20. The Balaban J connectivity index is 4.13. The van der Waals surface area contributed by atoms with Gasteiger partial charge in [-0.25, -0.2) is 4.79 Å². The number of rotatable bonds is 11. The Morgan fingerprint density at radius 3 is 2.35 bits per heavy atom. The van der Waals surface area contributed by atoms with Crippen molar-refractivity contribution in [1.29, 1.82) is 0 Å². The van der Waals surface area contributed by atoms with Crippen molar-refractivity contribution in [2.75, 3.05) is 13.7 Å². The molecular weight excluding hydrogens is 260 g/mol. The van der Waals surface area contributed by atoms with Crippen LogP contribution >= 0.6 is 0 Å². The SMILES string of the molecule is COCCCC(NC(=O)C(C)CCCC(C)N)C(=O)O. The Labute approximate surface area is 121 Å². The monoisotopic (exact) mass is 288 g/mol. The smallest absolute Gasteiger partial charge is 0.326 e. The first-order valence-electron chi connectivity index (χ1n) is 7.16. The lowest BCUT2D eigenvalue weighted by Gasteiger charge is -2.18. The van der Waals surface area contributed by atoms with Crippen molar-refractivity contribution >= 4 is 11.9 Å². The standard InChI is InChI=1S/C14H28N2O4/c1-10(6-4-7-11(2)15)13(17)16-12(14(18)19)8-5-9-20-3/h10-12H,4-9,15H2,1-3H3,(H,16,17)(H,18,19). The van der Waals surface area contributed by atoms with Crippen molar-refractivity contribution in [2.45, 2.75) is 58.0 Å². The number of methoxy groups -OCH3 is 1. The largest absolute Gasteiger partial charge is 0.480 e. The molecule has 0 fully saturated rings. The summed E-state index contributed by atoms with van der Waals surface area (Å²) in [5.41, 5.74) is 5.65. The van der Waals surface area contributed by atoms with E-state index in [0.717, 1.165) is 19.3 Å². The third kappa shape index (κ3) is 8.87. The van der Waals surface area contributed by atoms with Crippen LogP contribution in [0.25, 0.3) is 0 Å². The second kappa shape index (κ2) is 10.6. The van der Waals surface area contributed by atoms with Gasteiger partial charge in [-0.3, -0.25) is 4.79 Å². The average Bonchev–Trinajstić information content (AvgIpc) is 2.36. The van der Waals surface area contributed by atoms with E-state index < -0.39 is 12.0 Å². The van der Waals surface area contributed by atoms with Crippen molar-refractivity contribution in [1.82, 2.24) is 5.32 Å². The first-order chi connectivity index (χ1) is 9.38. The fourth-order valence-corrected chi connectivity index (χ4v) is 1.88. The van der Waals surface area contributed by atoms with Gasteiger partial charge >= 0.3 is 5.97 Å². The van der Waals surface area contributed by atoms with Crippen LogP contribution < -0.4 is 11.1 Å². The van der Waals surface area contributed by atoms with Crippen molar-refractivity contribution in [3.05, 3.63) is 0 Å². The summed E-state index contributed by atoms with van der Waals surface area (Å²) in [5.74, 6) is -1.41. The van der Waals surface area contributed by atoms with Crippen molar-refractivity contribution in [3.8, 4) is 0 Å². The van der Waals surface area contributed by atoms with E-state index >= 15 is 0 Å². The van der Waals surface area contributed by atoms with Gasteiger partial charge in [0.2, 0.25) is 5.91 Å². The van der Waals surface area contributed by atoms with Crippen LogP contribution in [0.3, 0.4) is 0 Å². The molecule has 20 heavy (non-hydrogen) atoms. The quantitative estimate of drug-likeness (QED) is 0.495. The van der Waals surface area contributed by atoms with Crippen LogP contribution in [0.2, 0.25) is 0 Å². The van der Waals surface area contributed by atoms with Crippen molar-refractivity contribution in [2.24, 2.45) is 11.7 Å². The maximum absolute atomic E-state index is 11.9. The molecule has 0 aliphatic heterocycles. The molecule has 3 unspecified atom stereocenters. The summed E-state index contributed by atoms with van der Waals surface area (Å²) < 4.78 is 4.88. The molecule has 0 aromatic rings. The molecule has 0 aliphatic rings. The summed E-state index contributed by atoms with van der Waals surface area (Å²) in [7, 11) is 1.56. The molecule has 6 nitrogen and oxygen atoms in total. The van der Waals surface area contributed by atoms with Gasteiger partial charge in [-0.05, 0) is 32.6 Å². The van der Waals surface area contributed by atoms with E-state index in [4.69, 9.17) is 15.6 Å². The minimum absolute atomic E-state index is 0.131. The number of carboxylic acid groups (broad SMARTS) is 1. The maximum Gasteiger partial charge on any atom is 0.326 e. The Morgan fingerprint density at radius 1 is 1.20 bits per heavy atom. The zero-order valence-electron chi connectivity index (χ0n) is 12.7. The lowest BCUT2D eigenvalue weighted by Crippen LogP contribution is -2.43. The number of aliphatic carboxylic acids is 1. The van der Waals surface area contributed by atoms with Crippen LogP contribution in [0, 0.1) is 5.92 Å². The molecule has 0 bridgehead atoms. The topological polar surface area (TPSA) is 102 Å². The molecule has 1 amide bonds. The van der Waals surface area contributed by atoms with Crippen LogP contribution in [0.1, 0.15) is 46.0 Å². The Morgan fingerprint density at radius 2 is 1.85 bits per heavy atom. The number of ether oxygens (including phenoxy) is 1. The van der Waals surface area contributed by atoms with E-state index in [0.29, 0.717) is 19.4 Å². The lowest BCUT2D eigenvalue weighted by molar-refractivity contribution is -0.142. The van der Waals surface area contributed by atoms with E-state index in [1.165, 1.54) is 0 Å². The molecule has 0 rings (SSSR count). The highest BCUT2D eigenvalue weighted by atomic mass is 16.5. The predicted octanol–water partition coefficient (Wildman–Crippen LogP) is 1.14. The van der Waals surface area contributed by atoms with Crippen LogP contribution in [0.4, 0.5) is 0 Å². The molecule has 0 heterocycles. The van der Waals surface area contributed by atoms with Gasteiger partial charge < -0.3 is 20.9 Å². The van der Waals surface area contributed by atoms with E-state index in [2.05, 4.69) is 5.32 Å². The molecule has 0 spiro atoms. The summed E-state index contributed by atoms with van der Waals surface area (Å²) in [4.78, 5) is 23.0. The minimum Gasteiger partial charge on any atom is -0.480 e. The Bertz CT molecular complexity index is 295. The second-order valence-electron chi connectivity index (χ2n) is 5.34. The summed E-state index contributed by atoms with van der Waals surface area (Å²) in [6.45, 7) is 4.23. The van der Waals surface area contributed by atoms with Gasteiger partial charge in [0.15, 0.2) is 0 Å². The highest BCUT2D eigenvalue weighted by molar-refractivity contribution is 5.84. The van der Waals surface area contributed by atoms with Gasteiger partial charge in [0.25, 0.3) is 0 Å². The van der Waals surface area contributed by atoms with Gasteiger partial charge in [-0.1, -0.05) is 13.3 Å². The number of nitrogens with one attached hydrogen (secondary N) is 1. The normalized spacial score (nSPS) is 15.4. The summed E-state index contributed by atoms with van der Waals surface area (Å²) in [5, 5.41) is 11.7. The van der Waals surface area contributed by atoms with Gasteiger partial charge in [0.1, 0.15) is 6.04 Å². The number of nitrogens with two attached hydrogens (primary N) is 1. The summed E-state index contributed by atoms with van der Waals surface area (Å²) >= 11 is 0. The molecule has 0 radical (unpaired) electrons. The number of carbonyl (C=O) groups excluding carboxylic acids is 1. The molecule has 118 valence electrons. The summed E-state index contributed by atoms with van der Waals surface area (Å²) in [6, 6.07) is -0.709. The van der Waals surface area contributed by atoms with E-state index in [1.807, 2.05) is 13.8 Å². The first kappa shape index (κ1) is 18.9. The molecule has 0 aromatic carbocycles. The van der Waals surface area contributed by atoms with Crippen LogP contribution in [0.5, 0.6) is 0 Å². The molecule has 0 aromatic heterocycles. The van der Waals surface area contributed by atoms with Crippen molar-refractivity contribution < 1.29 is 19.4 Å². The molecular formula is C14H28N2O4. The number of hydrogen-bond donors (Lipinski definition) is 3. The number of carbonyl (C=O) groups is 2. The zero-order valence-corrected chi connectivity index (χ0v) is 12.7. The first-order valence-corrected chi connectivity index (χ1v) is 7.16. The van der Waals surface area contributed by atoms with Crippen LogP contribution in [-0.2, 0) is 14.3 Å². The van der Waals surface area contributed by atoms with Gasteiger partial charge in [0, 0.05) is 25.7 Å². The lowest BCUT2D eigenvalue weighted by atomic mass is 10.0. The second-order valence-corrected chi connectivity index (χ2v) is 5.34. The fraction of sp³-hybridized carbons (Fsp3) is 0.857. The van der Waals surface area contributed by atoms with Crippen LogP contribution in [0.15, 0.2) is 0 Å². The Kier molecular flexibility index (Phi) is 10.0. The maximum atomic E-state index is 11.9. The molecule has 0 saturated carbocycles.